The van der Waals surface area contributed by atoms with Crippen molar-refractivity contribution in [1.29, 1.82) is 0 Å². The van der Waals surface area contributed by atoms with Crippen LogP contribution in [0.4, 0.5) is 16.3 Å². The molecule has 4 rings (SSSR count). The maximum Gasteiger partial charge on any atom is 0.324 e. The van der Waals surface area contributed by atoms with E-state index in [0.29, 0.717) is 45.8 Å². The molecule has 9 heteroatoms. The monoisotopic (exact) mass is 448 g/mol. The first-order chi connectivity index (χ1) is 16.0. The number of nitrogens with zero attached hydrogens (tertiary/aromatic N) is 2. The van der Waals surface area contributed by atoms with Crippen LogP contribution in [0.1, 0.15) is 25.5 Å². The summed E-state index contributed by atoms with van der Waals surface area (Å²) in [5.74, 6) is 3.63. The maximum atomic E-state index is 12.2. The van der Waals surface area contributed by atoms with Crippen molar-refractivity contribution in [2.75, 3.05) is 24.9 Å². The van der Waals surface area contributed by atoms with Crippen molar-refractivity contribution < 1.29 is 23.5 Å². The molecule has 0 saturated carbocycles. The summed E-state index contributed by atoms with van der Waals surface area (Å²) in [5, 5.41) is 10.0. The fourth-order valence-electron chi connectivity index (χ4n) is 3.17. The van der Waals surface area contributed by atoms with E-state index in [4.69, 9.17) is 18.7 Å². The van der Waals surface area contributed by atoms with E-state index in [-0.39, 0.29) is 5.92 Å². The van der Waals surface area contributed by atoms with Gasteiger partial charge in [-0.2, -0.15) is 0 Å². The molecule has 4 aromatic rings. The Morgan fingerprint density at radius 2 is 1.67 bits per heavy atom. The Bertz CT molecular complexity index is 1270. The van der Waals surface area contributed by atoms with Crippen LogP contribution in [-0.2, 0) is 0 Å². The zero-order chi connectivity index (χ0) is 23.4. The number of pyridine rings is 1. The number of hydrogen-bond donors (Lipinski definition) is 2. The zero-order valence-electron chi connectivity index (χ0n) is 18.7. The molecule has 0 aliphatic carbocycles. The minimum absolute atomic E-state index is 0.185. The number of carbonyl (C=O) groups is 1. The molecule has 0 atom stereocenters. The van der Waals surface area contributed by atoms with Crippen LogP contribution < -0.4 is 24.8 Å². The van der Waals surface area contributed by atoms with Gasteiger partial charge in [-0.1, -0.05) is 19.0 Å². The van der Waals surface area contributed by atoms with Gasteiger partial charge < -0.3 is 24.1 Å². The van der Waals surface area contributed by atoms with Gasteiger partial charge in [0.05, 0.1) is 19.7 Å². The molecular weight excluding hydrogens is 424 g/mol. The highest BCUT2D eigenvalue weighted by atomic mass is 16.5. The average Bonchev–Trinajstić information content (AvgIpc) is 3.28. The van der Waals surface area contributed by atoms with E-state index in [2.05, 4.69) is 20.8 Å². The fourth-order valence-corrected chi connectivity index (χ4v) is 3.17. The third-order valence-electron chi connectivity index (χ3n) is 4.89. The molecule has 0 radical (unpaired) electrons. The highest BCUT2D eigenvalue weighted by Gasteiger charge is 2.13. The van der Waals surface area contributed by atoms with Crippen LogP contribution >= 0.6 is 0 Å². The van der Waals surface area contributed by atoms with Crippen LogP contribution in [0.25, 0.3) is 10.9 Å². The van der Waals surface area contributed by atoms with Crippen molar-refractivity contribution in [3.63, 3.8) is 0 Å². The summed E-state index contributed by atoms with van der Waals surface area (Å²) in [6.07, 6.45) is 1.67. The van der Waals surface area contributed by atoms with Crippen molar-refractivity contribution in [3.8, 4) is 23.0 Å². The lowest BCUT2D eigenvalue weighted by atomic mass is 10.2. The molecule has 0 aliphatic heterocycles. The molecule has 2 heterocycles. The van der Waals surface area contributed by atoms with Crippen molar-refractivity contribution in [2.45, 2.75) is 19.8 Å². The first-order valence-electron chi connectivity index (χ1n) is 10.3. The summed E-state index contributed by atoms with van der Waals surface area (Å²) in [6.45, 7) is 3.96. The van der Waals surface area contributed by atoms with Crippen molar-refractivity contribution in [2.24, 2.45) is 0 Å². The smallest absolute Gasteiger partial charge is 0.324 e. The third kappa shape index (κ3) is 4.98. The summed E-state index contributed by atoms with van der Waals surface area (Å²) in [6, 6.07) is 13.7. The van der Waals surface area contributed by atoms with Crippen LogP contribution in [0, 0.1) is 0 Å². The molecule has 0 fully saturated rings. The normalized spacial score (nSPS) is 10.8. The Morgan fingerprint density at radius 1 is 0.939 bits per heavy atom. The van der Waals surface area contributed by atoms with Gasteiger partial charge in [0.25, 0.3) is 0 Å². The van der Waals surface area contributed by atoms with E-state index in [9.17, 15) is 4.79 Å². The van der Waals surface area contributed by atoms with Gasteiger partial charge in [-0.15, -0.1) is 0 Å². The van der Waals surface area contributed by atoms with Gasteiger partial charge in [-0.05, 0) is 36.4 Å². The number of benzene rings is 2. The van der Waals surface area contributed by atoms with Crippen LogP contribution in [0.3, 0.4) is 0 Å². The Hall–Kier alpha value is -4.27. The van der Waals surface area contributed by atoms with Crippen LogP contribution in [0.5, 0.6) is 23.0 Å². The van der Waals surface area contributed by atoms with Crippen molar-refractivity contribution in [3.05, 3.63) is 60.5 Å². The third-order valence-corrected chi connectivity index (χ3v) is 4.89. The summed E-state index contributed by atoms with van der Waals surface area (Å²) in [4.78, 5) is 16.6. The lowest BCUT2D eigenvalue weighted by Crippen LogP contribution is -2.19. The molecule has 2 aromatic carbocycles. The molecule has 2 aromatic heterocycles. The zero-order valence-corrected chi connectivity index (χ0v) is 18.7. The molecule has 170 valence electrons. The van der Waals surface area contributed by atoms with Gasteiger partial charge >= 0.3 is 6.03 Å². The van der Waals surface area contributed by atoms with E-state index in [0.717, 1.165) is 5.39 Å². The van der Waals surface area contributed by atoms with Crippen LogP contribution in [0.2, 0.25) is 0 Å². The second-order valence-electron chi connectivity index (χ2n) is 7.51. The number of ether oxygens (including phenoxy) is 3. The number of hydrogen-bond acceptors (Lipinski definition) is 7. The topological polar surface area (TPSA) is 108 Å². The number of anilines is 2. The van der Waals surface area contributed by atoms with E-state index in [1.165, 1.54) is 0 Å². The first-order valence-corrected chi connectivity index (χ1v) is 10.3. The van der Waals surface area contributed by atoms with Crippen LogP contribution in [-0.4, -0.2) is 30.4 Å². The number of urea groups is 1. The average molecular weight is 448 g/mol. The molecular formula is C24H24N4O5. The Kier molecular flexibility index (Phi) is 6.30. The van der Waals surface area contributed by atoms with Gasteiger partial charge in [0, 0.05) is 35.3 Å². The summed E-state index contributed by atoms with van der Waals surface area (Å²) < 4.78 is 22.0. The van der Waals surface area contributed by atoms with Crippen molar-refractivity contribution >= 4 is 28.4 Å². The lowest BCUT2D eigenvalue weighted by Gasteiger charge is -2.12. The van der Waals surface area contributed by atoms with Gasteiger partial charge in [0.2, 0.25) is 0 Å². The number of carbonyl (C=O) groups excluding carboxylic acids is 1. The quantitative estimate of drug-likeness (QED) is 0.368. The molecule has 0 bridgehead atoms. The number of fused-ring (bicyclic) bond motifs is 1. The molecule has 0 saturated heterocycles. The Morgan fingerprint density at radius 3 is 2.33 bits per heavy atom. The molecule has 2 N–H and O–H groups in total. The van der Waals surface area contributed by atoms with E-state index in [1.54, 1.807) is 62.9 Å². The first kappa shape index (κ1) is 21.9. The second-order valence-corrected chi connectivity index (χ2v) is 7.51. The largest absolute Gasteiger partial charge is 0.493 e. The van der Waals surface area contributed by atoms with E-state index in [1.807, 2.05) is 19.9 Å². The maximum absolute atomic E-state index is 12.2. The highest BCUT2D eigenvalue weighted by Crippen LogP contribution is 2.37. The number of methoxy groups -OCH3 is 2. The molecule has 0 aliphatic rings. The minimum atomic E-state index is -0.423. The highest BCUT2D eigenvalue weighted by molar-refractivity contribution is 5.99. The predicted octanol–water partition coefficient (Wildman–Crippen LogP) is 5.80. The number of aromatic nitrogens is 2. The van der Waals surface area contributed by atoms with Gasteiger partial charge in [0.1, 0.15) is 17.3 Å². The van der Waals surface area contributed by atoms with E-state index < -0.39 is 6.03 Å². The van der Waals surface area contributed by atoms with Gasteiger partial charge in [0.15, 0.2) is 17.3 Å². The molecule has 9 nitrogen and oxygen atoms in total. The molecule has 33 heavy (non-hydrogen) atoms. The summed E-state index contributed by atoms with van der Waals surface area (Å²) in [5.41, 5.74) is 1.31. The summed E-state index contributed by atoms with van der Waals surface area (Å²) in [7, 11) is 3.16. The molecule has 2 amide bonds. The standard InChI is InChI=1S/C24H24N4O5/c1-14(2)20-13-23(28-33-20)27-24(29)26-15-5-7-16(8-6-15)32-19-9-10-25-18-12-22(31-4)21(30-3)11-17(18)19/h5-14H,1-4H3,(H2,26,27,28,29). The van der Waals surface area contributed by atoms with Crippen LogP contribution in [0.15, 0.2) is 59.3 Å². The SMILES string of the molecule is COc1cc2nccc(Oc3ccc(NC(=O)Nc4cc(C(C)C)on4)cc3)c2cc1OC. The Labute approximate surface area is 190 Å². The number of rotatable bonds is 7. The predicted molar refractivity (Wildman–Crippen MR) is 125 cm³/mol. The van der Waals surface area contributed by atoms with Gasteiger partial charge in [-0.3, -0.25) is 10.3 Å². The van der Waals surface area contributed by atoms with Crippen molar-refractivity contribution in [1.82, 2.24) is 10.1 Å². The summed E-state index contributed by atoms with van der Waals surface area (Å²) >= 11 is 0. The second kappa shape index (κ2) is 9.47. The fraction of sp³-hybridized carbons (Fsp3) is 0.208. The molecule has 0 spiro atoms. The number of amides is 2. The minimum Gasteiger partial charge on any atom is -0.493 e. The lowest BCUT2D eigenvalue weighted by molar-refractivity contribution is 0.262. The van der Waals surface area contributed by atoms with E-state index >= 15 is 0 Å². The number of nitrogens with one attached hydrogen (secondary N) is 2. The molecule has 0 unspecified atom stereocenters. The van der Waals surface area contributed by atoms with Gasteiger partial charge in [-0.25, -0.2) is 4.79 Å². The Balaban J connectivity index is 1.45.